The first kappa shape index (κ1) is 25.3. The summed E-state index contributed by atoms with van der Waals surface area (Å²) in [5.74, 6) is 2.18. The number of carbonyl (C=O) groups excluding carboxylic acids is 1. The number of ether oxygens (including phenoxy) is 2. The van der Waals surface area contributed by atoms with Crippen LogP contribution >= 0.6 is 12.6 Å². The van der Waals surface area contributed by atoms with Gasteiger partial charge in [0.1, 0.15) is 0 Å². The topological polar surface area (TPSA) is 75.5 Å². The third kappa shape index (κ3) is 11.3. The molecule has 0 saturated carbocycles. The number of hydrogen-bond donors (Lipinski definition) is 2. The molecule has 0 aliphatic carbocycles. The zero-order valence-electron chi connectivity index (χ0n) is 17.7. The van der Waals surface area contributed by atoms with E-state index in [0.29, 0.717) is 38.6 Å². The molecule has 0 bridgehead atoms. The molecule has 29 heavy (non-hydrogen) atoms. The SMILES string of the molecule is CCC(=O)CC1CCC(CCCC2N=NN(CCOCCOCCCS)N2)C[I-]1. The first-order chi connectivity index (χ1) is 14.2. The van der Waals surface area contributed by atoms with Crippen molar-refractivity contribution in [3.05, 3.63) is 0 Å². The molecule has 3 unspecified atom stereocenters. The molecule has 0 radical (unpaired) electrons. The maximum atomic E-state index is 11.6. The molecule has 1 saturated heterocycles. The Balaban J connectivity index is 1.43. The third-order valence-corrected chi connectivity index (χ3v) is 9.59. The van der Waals surface area contributed by atoms with Crippen LogP contribution in [0.3, 0.4) is 0 Å². The summed E-state index contributed by atoms with van der Waals surface area (Å²) in [4.78, 5) is 11.6. The number of thiol groups is 1. The van der Waals surface area contributed by atoms with Gasteiger partial charge in [0.15, 0.2) is 0 Å². The summed E-state index contributed by atoms with van der Waals surface area (Å²) in [5.41, 5.74) is 3.33. The van der Waals surface area contributed by atoms with Gasteiger partial charge in [0.05, 0.1) is 6.61 Å². The van der Waals surface area contributed by atoms with Gasteiger partial charge in [-0.2, -0.15) is 12.6 Å². The van der Waals surface area contributed by atoms with E-state index in [1.165, 1.54) is 30.1 Å². The quantitative estimate of drug-likeness (QED) is 0.127. The van der Waals surface area contributed by atoms with Gasteiger partial charge in [-0.15, -0.1) is 0 Å². The Hall–Kier alpha value is 0.0300. The van der Waals surface area contributed by atoms with Crippen LogP contribution < -0.4 is 26.6 Å². The second-order valence-electron chi connectivity index (χ2n) is 7.65. The van der Waals surface area contributed by atoms with Crippen LogP contribution in [0.1, 0.15) is 58.3 Å². The molecule has 0 aromatic heterocycles. The fourth-order valence-corrected chi connectivity index (χ4v) is 7.46. The molecule has 0 aromatic rings. The van der Waals surface area contributed by atoms with E-state index in [2.05, 4.69) is 28.4 Å². The minimum absolute atomic E-state index is 0.104. The van der Waals surface area contributed by atoms with E-state index in [4.69, 9.17) is 9.47 Å². The summed E-state index contributed by atoms with van der Waals surface area (Å²) in [6.45, 7) is 5.28. The summed E-state index contributed by atoms with van der Waals surface area (Å²) in [6, 6.07) is 0. The second kappa shape index (κ2) is 15.8. The van der Waals surface area contributed by atoms with Crippen molar-refractivity contribution >= 4 is 18.4 Å². The van der Waals surface area contributed by atoms with Crippen LogP contribution in [-0.2, 0) is 14.3 Å². The van der Waals surface area contributed by atoms with E-state index in [-0.39, 0.29) is 27.4 Å². The van der Waals surface area contributed by atoms with E-state index < -0.39 is 0 Å². The Morgan fingerprint density at radius 3 is 2.72 bits per heavy atom. The van der Waals surface area contributed by atoms with E-state index >= 15 is 0 Å². The number of nitrogens with one attached hydrogen (secondary N) is 1. The number of hydrogen-bond acceptors (Lipinski definition) is 8. The van der Waals surface area contributed by atoms with Crippen molar-refractivity contribution in [2.75, 3.05) is 43.2 Å². The van der Waals surface area contributed by atoms with Crippen LogP contribution in [0, 0.1) is 5.92 Å². The number of alkyl halides is 2. The molecule has 1 fully saturated rings. The van der Waals surface area contributed by atoms with Crippen molar-refractivity contribution < 1.29 is 35.5 Å². The standard InChI is InChI=1S/C20H38IN4O3S/c1-2-19(26)15-18-8-7-17(16-21-18)5-3-6-20-22-24-25(23-20)9-11-28-13-12-27-10-4-14-29/h17-18,20,23,29H,2-16H2,1H3/q-1. The van der Waals surface area contributed by atoms with Gasteiger partial charge in [-0.1, -0.05) is 0 Å². The van der Waals surface area contributed by atoms with Crippen LogP contribution in [0.4, 0.5) is 0 Å². The van der Waals surface area contributed by atoms with Crippen LogP contribution in [-0.4, -0.2) is 64.1 Å². The molecule has 1 N–H and O–H groups in total. The van der Waals surface area contributed by atoms with E-state index in [1.54, 1.807) is 5.12 Å². The zero-order valence-corrected chi connectivity index (χ0v) is 20.8. The van der Waals surface area contributed by atoms with Crippen molar-refractivity contribution in [3.8, 4) is 0 Å². The molecular formula is C20H38IN4O3S-. The van der Waals surface area contributed by atoms with Gasteiger partial charge >= 0.3 is 149 Å². The van der Waals surface area contributed by atoms with E-state index in [1.807, 2.05) is 6.92 Å². The monoisotopic (exact) mass is 541 g/mol. The Morgan fingerprint density at radius 1 is 1.17 bits per heavy atom. The van der Waals surface area contributed by atoms with Gasteiger partial charge in [-0.25, -0.2) is 0 Å². The third-order valence-electron chi connectivity index (χ3n) is 5.21. The number of ketones is 1. The van der Waals surface area contributed by atoms with Gasteiger partial charge in [0.2, 0.25) is 0 Å². The Morgan fingerprint density at radius 2 is 2.00 bits per heavy atom. The van der Waals surface area contributed by atoms with Gasteiger partial charge in [0.25, 0.3) is 0 Å². The summed E-state index contributed by atoms with van der Waals surface area (Å²) in [6.07, 6.45) is 8.75. The maximum absolute atomic E-state index is 11.6. The molecule has 2 rings (SSSR count). The average molecular weight is 542 g/mol. The molecule has 7 nitrogen and oxygen atoms in total. The summed E-state index contributed by atoms with van der Waals surface area (Å²) >= 11 is 4.35. The predicted molar refractivity (Wildman–Crippen MR) is 114 cm³/mol. The number of halogens is 1. The van der Waals surface area contributed by atoms with E-state index in [9.17, 15) is 4.79 Å². The first-order valence-corrected chi connectivity index (χ1v) is 14.4. The molecule has 0 amide bonds. The van der Waals surface area contributed by atoms with Gasteiger partial charge in [0, 0.05) is 6.61 Å². The van der Waals surface area contributed by atoms with Gasteiger partial charge in [-0.05, 0) is 12.2 Å². The van der Waals surface area contributed by atoms with Crippen LogP contribution in [0.15, 0.2) is 10.3 Å². The minimum atomic E-state index is 0.104. The summed E-state index contributed by atoms with van der Waals surface area (Å²) in [5, 5.41) is 10.3. The van der Waals surface area contributed by atoms with Crippen LogP contribution in [0.25, 0.3) is 0 Å². The van der Waals surface area contributed by atoms with Crippen LogP contribution in [0.2, 0.25) is 0 Å². The average Bonchev–Trinajstić information content (AvgIpc) is 3.19. The fraction of sp³-hybridized carbons (Fsp3) is 0.950. The number of nitrogens with zero attached hydrogens (tertiary/aromatic N) is 3. The number of Topliss-reactive ketones (excluding diaryl/α,β-unsaturated/α-hetero) is 1. The Bertz CT molecular complexity index is 479. The number of rotatable bonds is 16. The number of carbonyl (C=O) groups is 1. The number of hydrazine groups is 1. The fourth-order valence-electron chi connectivity index (χ4n) is 3.41. The molecule has 3 atom stereocenters. The molecule has 9 heteroatoms. The second-order valence-corrected chi connectivity index (χ2v) is 11.6. The molecule has 170 valence electrons. The first-order valence-electron chi connectivity index (χ1n) is 11.0. The molecule has 2 heterocycles. The van der Waals surface area contributed by atoms with E-state index in [0.717, 1.165) is 41.5 Å². The zero-order chi connectivity index (χ0) is 20.7. The molecule has 2 aliphatic heterocycles. The van der Waals surface area contributed by atoms with Gasteiger partial charge < -0.3 is 4.74 Å². The summed E-state index contributed by atoms with van der Waals surface area (Å²) in [7, 11) is 0. The van der Waals surface area contributed by atoms with Crippen molar-refractivity contribution in [2.24, 2.45) is 16.3 Å². The predicted octanol–water partition coefficient (Wildman–Crippen LogP) is 0.260. The molecule has 0 aromatic carbocycles. The van der Waals surface area contributed by atoms with Crippen LogP contribution in [0.5, 0.6) is 0 Å². The van der Waals surface area contributed by atoms with Crippen molar-refractivity contribution in [3.63, 3.8) is 0 Å². The van der Waals surface area contributed by atoms with Crippen molar-refractivity contribution in [1.82, 2.24) is 10.5 Å². The van der Waals surface area contributed by atoms with Crippen molar-refractivity contribution in [1.29, 1.82) is 0 Å². The Kier molecular flexibility index (Phi) is 13.8. The molecular weight excluding hydrogens is 503 g/mol. The molecule has 0 spiro atoms. The van der Waals surface area contributed by atoms with Crippen molar-refractivity contribution in [2.45, 2.75) is 68.4 Å². The Labute approximate surface area is 191 Å². The summed E-state index contributed by atoms with van der Waals surface area (Å²) < 4.78 is 13.1. The normalized spacial score (nSPS) is 24.6. The van der Waals surface area contributed by atoms with Gasteiger partial charge in [-0.3, -0.25) is 0 Å². The molecule has 2 aliphatic rings.